The van der Waals surface area contributed by atoms with Crippen molar-refractivity contribution in [1.82, 2.24) is 0 Å². The summed E-state index contributed by atoms with van der Waals surface area (Å²) in [5.41, 5.74) is -4.28. The highest BCUT2D eigenvalue weighted by Crippen LogP contribution is 2.30. The van der Waals surface area contributed by atoms with E-state index in [2.05, 4.69) is 0 Å². The van der Waals surface area contributed by atoms with Crippen LogP contribution in [0.15, 0.2) is 0 Å². The van der Waals surface area contributed by atoms with Crippen molar-refractivity contribution in [3.8, 4) is 0 Å². The largest absolute Gasteiger partial charge is 0.479 e. The fourth-order valence-electron chi connectivity index (χ4n) is 2.90. The molecule has 0 amide bonds. The fraction of sp³-hybridized carbons (Fsp3) is 0.857. The zero-order valence-electron chi connectivity index (χ0n) is 13.6. The van der Waals surface area contributed by atoms with E-state index >= 15 is 0 Å². The van der Waals surface area contributed by atoms with Gasteiger partial charge in [-0.3, -0.25) is 0 Å². The van der Waals surface area contributed by atoms with Crippen molar-refractivity contribution >= 4 is 11.9 Å². The van der Waals surface area contributed by atoms with Crippen LogP contribution in [0.3, 0.4) is 0 Å². The van der Waals surface area contributed by atoms with Gasteiger partial charge < -0.3 is 51.1 Å². The van der Waals surface area contributed by atoms with Crippen LogP contribution in [-0.4, -0.2) is 111 Å². The SMILES string of the molecule is O=C(O)[C@@]1(O)CC(O)[C@H](O)[C@H](O)C1.O=C(O)[C@@]1(O)CC(O)[C@H](O)[C@H](O)C1. The predicted molar refractivity (Wildman–Crippen MR) is 79.7 cm³/mol. The van der Waals surface area contributed by atoms with Gasteiger partial charge in [-0.25, -0.2) is 9.59 Å². The van der Waals surface area contributed by atoms with Crippen LogP contribution in [0.4, 0.5) is 0 Å². The Morgan fingerprint density at radius 1 is 0.577 bits per heavy atom. The molecule has 0 bridgehead atoms. The lowest BCUT2D eigenvalue weighted by Crippen LogP contribution is -2.56. The molecule has 2 aliphatic rings. The quantitative estimate of drug-likeness (QED) is 0.216. The molecule has 2 saturated carbocycles. The zero-order valence-corrected chi connectivity index (χ0v) is 13.6. The molecule has 0 heterocycles. The Hall–Kier alpha value is -1.38. The van der Waals surface area contributed by atoms with Crippen molar-refractivity contribution in [2.45, 2.75) is 73.5 Å². The first-order valence-corrected chi connectivity index (χ1v) is 7.73. The van der Waals surface area contributed by atoms with Crippen LogP contribution < -0.4 is 0 Å². The molecule has 0 saturated heterocycles. The second-order valence-electron chi connectivity index (χ2n) is 6.74. The van der Waals surface area contributed by atoms with Gasteiger partial charge in [0.1, 0.15) is 12.2 Å². The number of carboxylic acid groups (broad SMARTS) is 2. The Morgan fingerprint density at radius 3 is 0.923 bits per heavy atom. The summed E-state index contributed by atoms with van der Waals surface area (Å²) in [5.74, 6) is -3.00. The molecule has 8 atom stereocenters. The van der Waals surface area contributed by atoms with Crippen molar-refractivity contribution in [1.29, 1.82) is 0 Å². The third-order valence-electron chi connectivity index (χ3n) is 4.56. The summed E-state index contributed by atoms with van der Waals surface area (Å²) < 4.78 is 0. The molecule has 10 N–H and O–H groups in total. The van der Waals surface area contributed by atoms with Gasteiger partial charge in [-0.05, 0) is 0 Å². The second kappa shape index (κ2) is 8.10. The molecule has 0 aromatic carbocycles. The first-order valence-electron chi connectivity index (χ1n) is 7.73. The molecule has 12 nitrogen and oxygen atoms in total. The predicted octanol–water partition coefficient (Wildman–Crippen LogP) is -4.64. The Kier molecular flexibility index (Phi) is 7.06. The van der Waals surface area contributed by atoms with E-state index in [1.165, 1.54) is 0 Å². The molecule has 2 unspecified atom stereocenters. The Bertz CT molecular complexity index is 452. The van der Waals surface area contributed by atoms with Gasteiger partial charge in [-0.1, -0.05) is 0 Å². The summed E-state index contributed by atoms with van der Waals surface area (Å²) in [5, 5.41) is 90.4. The standard InChI is InChI=1S/2C7H12O6/c2*8-3-1-7(13,6(11)12)2-4(9)5(3)10/h2*3-5,8-10,13H,1-2H2,(H,11,12)/t2*3-,4?,5-,7+/m11/s1. The van der Waals surface area contributed by atoms with Gasteiger partial charge in [0, 0.05) is 25.7 Å². The van der Waals surface area contributed by atoms with E-state index in [-0.39, 0.29) is 0 Å². The number of aliphatic hydroxyl groups is 8. The topological polar surface area (TPSA) is 236 Å². The highest BCUT2D eigenvalue weighted by molar-refractivity contribution is 5.77. The molecular weight excluding hydrogens is 360 g/mol. The lowest BCUT2D eigenvalue weighted by molar-refractivity contribution is -0.187. The van der Waals surface area contributed by atoms with Crippen LogP contribution in [0.2, 0.25) is 0 Å². The van der Waals surface area contributed by atoms with Crippen LogP contribution in [-0.2, 0) is 9.59 Å². The van der Waals surface area contributed by atoms with Crippen molar-refractivity contribution in [3.05, 3.63) is 0 Å². The Labute approximate surface area is 147 Å². The van der Waals surface area contributed by atoms with Crippen molar-refractivity contribution in [2.75, 3.05) is 0 Å². The summed E-state index contributed by atoms with van der Waals surface area (Å²) in [6.45, 7) is 0. The molecule has 0 aromatic rings. The minimum absolute atomic E-state index is 0.472. The van der Waals surface area contributed by atoms with Crippen LogP contribution in [0.25, 0.3) is 0 Å². The summed E-state index contributed by atoms with van der Waals surface area (Å²) in [7, 11) is 0. The molecule has 12 heteroatoms. The summed E-state index contributed by atoms with van der Waals surface area (Å²) in [6.07, 6.45) is -10.3. The molecule has 2 rings (SSSR count). The average molecular weight is 384 g/mol. The third-order valence-corrected chi connectivity index (χ3v) is 4.56. The summed E-state index contributed by atoms with van der Waals surface area (Å²) in [6, 6.07) is 0. The number of hydrogen-bond donors (Lipinski definition) is 10. The van der Waals surface area contributed by atoms with Crippen molar-refractivity contribution < 1.29 is 60.7 Å². The van der Waals surface area contributed by atoms with Gasteiger partial charge in [-0.15, -0.1) is 0 Å². The molecule has 0 aromatic heterocycles. The van der Waals surface area contributed by atoms with Crippen LogP contribution in [0, 0.1) is 0 Å². The van der Waals surface area contributed by atoms with Gasteiger partial charge in [0.25, 0.3) is 0 Å². The maximum Gasteiger partial charge on any atom is 0.335 e. The molecule has 2 fully saturated rings. The Morgan fingerprint density at radius 2 is 0.769 bits per heavy atom. The van der Waals surface area contributed by atoms with E-state index in [1.54, 1.807) is 0 Å². The molecule has 0 aliphatic heterocycles. The highest BCUT2D eigenvalue weighted by Gasteiger charge is 2.49. The minimum atomic E-state index is -2.14. The number of rotatable bonds is 2. The first-order chi connectivity index (χ1) is 11.7. The molecule has 0 spiro atoms. The van der Waals surface area contributed by atoms with Crippen LogP contribution in [0.1, 0.15) is 25.7 Å². The number of carboxylic acids is 2. The summed E-state index contributed by atoms with van der Waals surface area (Å²) in [4.78, 5) is 21.0. The van der Waals surface area contributed by atoms with E-state index < -0.39 is 85.4 Å². The fourth-order valence-corrected chi connectivity index (χ4v) is 2.90. The number of aliphatic carboxylic acids is 2. The molecule has 0 radical (unpaired) electrons. The number of aliphatic hydroxyl groups excluding tert-OH is 6. The smallest absolute Gasteiger partial charge is 0.335 e. The lowest BCUT2D eigenvalue weighted by atomic mass is 9.80. The Balaban J connectivity index is 0.000000260. The van der Waals surface area contributed by atoms with Crippen LogP contribution in [0.5, 0.6) is 0 Å². The summed E-state index contributed by atoms with van der Waals surface area (Å²) >= 11 is 0. The second-order valence-corrected chi connectivity index (χ2v) is 6.74. The van der Waals surface area contributed by atoms with E-state index in [1.807, 2.05) is 0 Å². The van der Waals surface area contributed by atoms with E-state index in [4.69, 9.17) is 40.9 Å². The maximum atomic E-state index is 10.5. The minimum Gasteiger partial charge on any atom is -0.479 e. The average Bonchev–Trinajstić information content (AvgIpc) is 2.50. The van der Waals surface area contributed by atoms with Crippen molar-refractivity contribution in [2.24, 2.45) is 0 Å². The zero-order chi connectivity index (χ0) is 20.4. The van der Waals surface area contributed by atoms with Crippen molar-refractivity contribution in [3.63, 3.8) is 0 Å². The number of hydrogen-bond acceptors (Lipinski definition) is 10. The van der Waals surface area contributed by atoms with Gasteiger partial charge in [0.05, 0.1) is 24.4 Å². The number of carbonyl (C=O) groups is 2. The van der Waals surface area contributed by atoms with E-state index in [9.17, 15) is 19.8 Å². The molecular formula is C14H24O12. The van der Waals surface area contributed by atoms with E-state index in [0.29, 0.717) is 0 Å². The monoisotopic (exact) mass is 384 g/mol. The first kappa shape index (κ1) is 22.7. The lowest BCUT2D eigenvalue weighted by Gasteiger charge is -2.37. The van der Waals surface area contributed by atoms with Gasteiger partial charge >= 0.3 is 11.9 Å². The van der Waals surface area contributed by atoms with Gasteiger partial charge in [0.15, 0.2) is 11.2 Å². The maximum absolute atomic E-state index is 10.5. The van der Waals surface area contributed by atoms with Gasteiger partial charge in [-0.2, -0.15) is 0 Å². The highest BCUT2D eigenvalue weighted by atomic mass is 16.4. The normalized spacial score (nSPS) is 46.0. The van der Waals surface area contributed by atoms with E-state index in [0.717, 1.165) is 0 Å². The molecule has 26 heavy (non-hydrogen) atoms. The molecule has 152 valence electrons. The molecule has 2 aliphatic carbocycles. The third kappa shape index (κ3) is 4.86. The van der Waals surface area contributed by atoms with Crippen LogP contribution >= 0.6 is 0 Å². The van der Waals surface area contributed by atoms with Gasteiger partial charge in [0.2, 0.25) is 0 Å².